The Labute approximate surface area is 193 Å². The Morgan fingerprint density at radius 1 is 1.27 bits per heavy atom. The number of amides is 1. The van der Waals surface area contributed by atoms with Crippen LogP contribution in [0.5, 0.6) is 5.75 Å². The highest BCUT2D eigenvalue weighted by molar-refractivity contribution is 7.19. The van der Waals surface area contributed by atoms with Gasteiger partial charge < -0.3 is 15.0 Å². The van der Waals surface area contributed by atoms with Gasteiger partial charge in [0.25, 0.3) is 5.91 Å². The number of methoxy groups -OCH3 is 1. The molecule has 2 aliphatic heterocycles. The van der Waals surface area contributed by atoms with E-state index in [0.29, 0.717) is 25.3 Å². The number of nitrogens with zero attached hydrogens (tertiary/aromatic N) is 6. The van der Waals surface area contributed by atoms with Crippen molar-refractivity contribution in [1.29, 1.82) is 0 Å². The van der Waals surface area contributed by atoms with E-state index < -0.39 is 0 Å². The van der Waals surface area contributed by atoms with Crippen LogP contribution in [-0.2, 0) is 26.6 Å². The Morgan fingerprint density at radius 2 is 2.18 bits per heavy atom. The molecule has 1 aromatic carbocycles. The number of fused-ring (bicyclic) bond motifs is 4. The monoisotopic (exact) mass is 459 g/mol. The Hall–Kier alpha value is -3.79. The van der Waals surface area contributed by atoms with E-state index in [0.717, 1.165) is 49.9 Å². The maximum absolute atomic E-state index is 12.9. The summed E-state index contributed by atoms with van der Waals surface area (Å²) in [5.41, 5.74) is 4.74. The van der Waals surface area contributed by atoms with Gasteiger partial charge >= 0.3 is 0 Å². The Kier molecular flexibility index (Phi) is 4.61. The average Bonchev–Trinajstić information content (AvgIpc) is 3.55. The molecule has 6 rings (SSSR count). The molecule has 1 amide bonds. The highest BCUT2D eigenvalue weighted by Crippen LogP contribution is 2.40. The minimum absolute atomic E-state index is 0.0484. The van der Waals surface area contributed by atoms with Gasteiger partial charge in [0, 0.05) is 30.9 Å². The lowest BCUT2D eigenvalue weighted by atomic mass is 10.0. The van der Waals surface area contributed by atoms with Crippen molar-refractivity contribution in [1.82, 2.24) is 24.6 Å². The zero-order chi connectivity index (χ0) is 22.5. The third-order valence-corrected chi connectivity index (χ3v) is 7.19. The molecule has 0 saturated carbocycles. The lowest BCUT2D eigenvalue weighted by molar-refractivity contribution is 0.0730. The first-order valence-corrected chi connectivity index (χ1v) is 11.4. The van der Waals surface area contributed by atoms with Crippen LogP contribution in [0.2, 0.25) is 0 Å². The van der Waals surface area contributed by atoms with Gasteiger partial charge in [0.2, 0.25) is 0 Å². The first-order chi connectivity index (χ1) is 16.1. The van der Waals surface area contributed by atoms with Crippen LogP contribution in [0.4, 0.5) is 11.5 Å². The number of rotatable bonds is 4. The van der Waals surface area contributed by atoms with Gasteiger partial charge in [-0.15, -0.1) is 11.3 Å². The molecule has 0 unspecified atom stereocenters. The SMILES string of the molecule is COc1cc2c(cc1Nc1ncnc3sc4c(c13)CCN(C(=O)c1ccn(C)n1)C4)C=NC2. The van der Waals surface area contributed by atoms with E-state index in [4.69, 9.17) is 4.74 Å². The number of carbonyl (C=O) groups excluding carboxylic acids is 1. The molecule has 10 heteroatoms. The maximum atomic E-state index is 12.9. The second kappa shape index (κ2) is 7.66. The van der Waals surface area contributed by atoms with E-state index in [9.17, 15) is 4.79 Å². The van der Waals surface area contributed by atoms with Crippen LogP contribution in [0.25, 0.3) is 10.2 Å². The third-order valence-electron chi connectivity index (χ3n) is 6.06. The van der Waals surface area contributed by atoms with Crippen molar-refractivity contribution >= 4 is 45.2 Å². The molecule has 2 aliphatic rings. The molecule has 5 heterocycles. The maximum Gasteiger partial charge on any atom is 0.274 e. The van der Waals surface area contributed by atoms with Crippen molar-refractivity contribution in [2.45, 2.75) is 19.5 Å². The summed E-state index contributed by atoms with van der Waals surface area (Å²) in [5.74, 6) is 1.45. The van der Waals surface area contributed by atoms with E-state index in [-0.39, 0.29) is 5.91 Å². The summed E-state index contributed by atoms with van der Waals surface area (Å²) < 4.78 is 7.27. The normalized spacial score (nSPS) is 14.4. The largest absolute Gasteiger partial charge is 0.495 e. The lowest BCUT2D eigenvalue weighted by Crippen LogP contribution is -2.35. The van der Waals surface area contributed by atoms with Crippen LogP contribution >= 0.6 is 11.3 Å². The number of carbonyl (C=O) groups is 1. The topological polar surface area (TPSA) is 97.5 Å². The molecule has 0 fully saturated rings. The summed E-state index contributed by atoms with van der Waals surface area (Å²) in [6.07, 6.45) is 5.98. The van der Waals surface area contributed by atoms with Crippen molar-refractivity contribution in [3.05, 3.63) is 58.0 Å². The predicted molar refractivity (Wildman–Crippen MR) is 127 cm³/mol. The van der Waals surface area contributed by atoms with Gasteiger partial charge in [-0.1, -0.05) is 0 Å². The molecule has 0 radical (unpaired) electrons. The van der Waals surface area contributed by atoms with Crippen molar-refractivity contribution in [3.63, 3.8) is 0 Å². The fourth-order valence-electron chi connectivity index (χ4n) is 4.42. The minimum Gasteiger partial charge on any atom is -0.495 e. The van der Waals surface area contributed by atoms with Crippen LogP contribution in [0.15, 0.2) is 35.7 Å². The standard InChI is InChI=1S/C23H21N7O2S/c1-29-5-4-16(28-29)23(31)30-6-3-15-19(11-30)33-22-20(15)21(25-12-26-22)27-17-7-13-9-24-10-14(13)8-18(17)32-2/h4-5,7-9,12H,3,6,10-11H2,1-2H3,(H,25,26,27). The molecular weight excluding hydrogens is 438 g/mol. The summed E-state index contributed by atoms with van der Waals surface area (Å²) in [6, 6.07) is 5.82. The number of nitrogens with one attached hydrogen (secondary N) is 1. The van der Waals surface area contributed by atoms with Crippen molar-refractivity contribution in [3.8, 4) is 5.75 Å². The number of ether oxygens (including phenoxy) is 1. The van der Waals surface area contributed by atoms with E-state index in [2.05, 4.69) is 25.4 Å². The summed E-state index contributed by atoms with van der Waals surface area (Å²) in [6.45, 7) is 1.85. The fourth-order valence-corrected chi connectivity index (χ4v) is 5.62. The number of benzene rings is 1. The molecule has 9 nitrogen and oxygen atoms in total. The quantitative estimate of drug-likeness (QED) is 0.503. The van der Waals surface area contributed by atoms with Gasteiger partial charge in [0.05, 0.1) is 31.3 Å². The number of thiophene rings is 1. The number of hydrogen-bond acceptors (Lipinski definition) is 8. The lowest BCUT2D eigenvalue weighted by Gasteiger charge is -2.26. The number of anilines is 2. The fraction of sp³-hybridized carbons (Fsp3) is 0.261. The van der Waals surface area contributed by atoms with Gasteiger partial charge in [-0.3, -0.25) is 14.5 Å². The average molecular weight is 460 g/mol. The van der Waals surface area contributed by atoms with E-state index >= 15 is 0 Å². The molecule has 0 saturated heterocycles. The van der Waals surface area contributed by atoms with Crippen LogP contribution in [0, 0.1) is 0 Å². The highest BCUT2D eigenvalue weighted by atomic mass is 32.1. The Bertz CT molecular complexity index is 1440. The minimum atomic E-state index is -0.0484. The molecule has 0 aliphatic carbocycles. The van der Waals surface area contributed by atoms with Gasteiger partial charge in [0.1, 0.15) is 28.4 Å². The second-order valence-electron chi connectivity index (χ2n) is 8.10. The molecule has 33 heavy (non-hydrogen) atoms. The van der Waals surface area contributed by atoms with E-state index in [1.165, 1.54) is 5.56 Å². The number of hydrogen-bond donors (Lipinski definition) is 1. The molecule has 1 N–H and O–H groups in total. The number of aromatic nitrogens is 4. The van der Waals surface area contributed by atoms with E-state index in [1.807, 2.05) is 30.3 Å². The number of aliphatic imine (C=N–C) groups is 1. The van der Waals surface area contributed by atoms with Gasteiger partial charge in [-0.2, -0.15) is 5.10 Å². The summed E-state index contributed by atoms with van der Waals surface area (Å²) in [7, 11) is 3.48. The zero-order valence-electron chi connectivity index (χ0n) is 18.2. The molecule has 4 aromatic rings. The van der Waals surface area contributed by atoms with Crippen molar-refractivity contribution in [2.24, 2.45) is 12.0 Å². The first-order valence-electron chi connectivity index (χ1n) is 10.6. The first kappa shape index (κ1) is 19.9. The van der Waals surface area contributed by atoms with Crippen LogP contribution in [0.1, 0.15) is 32.1 Å². The molecule has 0 bridgehead atoms. The Morgan fingerprint density at radius 3 is 3.00 bits per heavy atom. The zero-order valence-corrected chi connectivity index (χ0v) is 19.0. The Balaban J connectivity index is 1.35. The van der Waals surface area contributed by atoms with Crippen molar-refractivity contribution < 1.29 is 9.53 Å². The molecule has 0 spiro atoms. The van der Waals surface area contributed by atoms with Gasteiger partial charge in [-0.25, -0.2) is 9.97 Å². The summed E-state index contributed by atoms with van der Waals surface area (Å²) in [5, 5.41) is 8.75. The molecular formula is C23H21N7O2S. The summed E-state index contributed by atoms with van der Waals surface area (Å²) in [4.78, 5) is 30.2. The predicted octanol–water partition coefficient (Wildman–Crippen LogP) is 3.31. The molecule has 3 aromatic heterocycles. The highest BCUT2D eigenvalue weighted by Gasteiger charge is 2.28. The van der Waals surface area contributed by atoms with E-state index in [1.54, 1.807) is 41.7 Å². The number of aryl methyl sites for hydroxylation is 1. The second-order valence-corrected chi connectivity index (χ2v) is 9.19. The van der Waals surface area contributed by atoms with Crippen LogP contribution in [-0.4, -0.2) is 50.4 Å². The van der Waals surface area contributed by atoms with Crippen molar-refractivity contribution in [2.75, 3.05) is 19.0 Å². The molecule has 0 atom stereocenters. The van der Waals surface area contributed by atoms with Crippen LogP contribution in [0.3, 0.4) is 0 Å². The van der Waals surface area contributed by atoms with Gasteiger partial charge in [-0.05, 0) is 41.3 Å². The third kappa shape index (κ3) is 3.34. The van der Waals surface area contributed by atoms with Crippen LogP contribution < -0.4 is 10.1 Å². The molecule has 166 valence electrons. The smallest absolute Gasteiger partial charge is 0.274 e. The van der Waals surface area contributed by atoms with Gasteiger partial charge in [0.15, 0.2) is 0 Å². The summed E-state index contributed by atoms with van der Waals surface area (Å²) >= 11 is 1.61.